The number of ether oxygens (including phenoxy) is 1. The monoisotopic (exact) mass is 242 g/mol. The summed E-state index contributed by atoms with van der Waals surface area (Å²) in [5.74, 6) is 1.30. The fraction of sp³-hybridized carbons (Fsp3) is 0.333. The number of aromatic nitrogens is 2. The van der Waals surface area contributed by atoms with E-state index < -0.39 is 0 Å². The number of nitrogens with zero attached hydrogens (tertiary/aromatic N) is 2. The molecule has 1 aromatic heterocycles. The van der Waals surface area contributed by atoms with Crippen molar-refractivity contribution < 1.29 is 4.74 Å². The topological polar surface area (TPSA) is 35.0 Å². The van der Waals surface area contributed by atoms with Crippen LogP contribution in [0.1, 0.15) is 36.7 Å². The molecule has 0 atom stereocenters. The van der Waals surface area contributed by atoms with Gasteiger partial charge in [-0.1, -0.05) is 32.0 Å². The van der Waals surface area contributed by atoms with Crippen LogP contribution in [0.25, 0.3) is 0 Å². The van der Waals surface area contributed by atoms with E-state index in [2.05, 4.69) is 29.9 Å². The Kier molecular flexibility index (Phi) is 3.92. The molecule has 0 bridgehead atoms. The van der Waals surface area contributed by atoms with Gasteiger partial charge in [0.25, 0.3) is 0 Å². The number of benzene rings is 1. The Morgan fingerprint density at radius 1 is 1.17 bits per heavy atom. The van der Waals surface area contributed by atoms with Crippen molar-refractivity contribution >= 4 is 0 Å². The van der Waals surface area contributed by atoms with Crippen molar-refractivity contribution in [3.05, 3.63) is 53.6 Å². The molecular formula is C15H18N2O. The Bertz CT molecular complexity index is 523. The molecule has 0 saturated heterocycles. The van der Waals surface area contributed by atoms with Crippen LogP contribution in [-0.4, -0.2) is 17.1 Å². The van der Waals surface area contributed by atoms with Gasteiger partial charge < -0.3 is 4.74 Å². The lowest BCUT2D eigenvalue weighted by atomic mass is 10.1. The van der Waals surface area contributed by atoms with Crippen LogP contribution in [0.4, 0.5) is 0 Å². The Hall–Kier alpha value is -1.90. The summed E-state index contributed by atoms with van der Waals surface area (Å²) in [7, 11) is 1.69. The third kappa shape index (κ3) is 2.86. The van der Waals surface area contributed by atoms with E-state index >= 15 is 0 Å². The molecule has 0 fully saturated rings. The van der Waals surface area contributed by atoms with Crippen LogP contribution in [0.3, 0.4) is 0 Å². The first-order chi connectivity index (χ1) is 8.70. The lowest BCUT2D eigenvalue weighted by molar-refractivity contribution is 0.410. The van der Waals surface area contributed by atoms with Crippen LogP contribution in [0.2, 0.25) is 0 Å². The third-order valence-electron chi connectivity index (χ3n) is 2.86. The van der Waals surface area contributed by atoms with E-state index in [0.29, 0.717) is 5.92 Å². The average molecular weight is 242 g/mol. The lowest BCUT2D eigenvalue weighted by Gasteiger charge is -2.09. The molecule has 3 heteroatoms. The van der Waals surface area contributed by atoms with Gasteiger partial charge in [0.15, 0.2) is 0 Å². The summed E-state index contributed by atoms with van der Waals surface area (Å²) in [5.41, 5.74) is 3.14. The summed E-state index contributed by atoms with van der Waals surface area (Å²) in [5, 5.41) is 0. The second-order valence-electron chi connectivity index (χ2n) is 4.58. The zero-order valence-corrected chi connectivity index (χ0v) is 11.1. The molecule has 0 aliphatic rings. The van der Waals surface area contributed by atoms with Gasteiger partial charge in [0.2, 0.25) is 0 Å². The second kappa shape index (κ2) is 5.63. The van der Waals surface area contributed by atoms with Crippen molar-refractivity contribution in [1.29, 1.82) is 0 Å². The number of para-hydroxylation sites is 1. The predicted octanol–water partition coefficient (Wildman–Crippen LogP) is 3.20. The van der Waals surface area contributed by atoms with Gasteiger partial charge in [0.1, 0.15) is 5.75 Å². The SMILES string of the molecule is COc1ccccc1Cc1cncc(C(C)C)n1. The minimum atomic E-state index is 0.398. The van der Waals surface area contributed by atoms with Gasteiger partial charge in [0, 0.05) is 24.4 Å². The van der Waals surface area contributed by atoms with Gasteiger partial charge in [-0.3, -0.25) is 9.97 Å². The van der Waals surface area contributed by atoms with Crippen LogP contribution in [0.5, 0.6) is 5.75 Å². The first-order valence-electron chi connectivity index (χ1n) is 6.13. The quantitative estimate of drug-likeness (QED) is 0.825. The van der Waals surface area contributed by atoms with Crippen LogP contribution < -0.4 is 4.74 Å². The Balaban J connectivity index is 2.25. The fourth-order valence-electron chi connectivity index (χ4n) is 1.83. The van der Waals surface area contributed by atoms with Gasteiger partial charge in [-0.2, -0.15) is 0 Å². The Morgan fingerprint density at radius 3 is 2.67 bits per heavy atom. The maximum Gasteiger partial charge on any atom is 0.122 e. The molecule has 3 nitrogen and oxygen atoms in total. The Morgan fingerprint density at radius 2 is 1.94 bits per heavy atom. The van der Waals surface area contributed by atoms with Gasteiger partial charge in [-0.25, -0.2) is 0 Å². The summed E-state index contributed by atoms with van der Waals surface area (Å²) in [6.07, 6.45) is 4.40. The Labute approximate surface area is 108 Å². The fourth-order valence-corrected chi connectivity index (χ4v) is 1.83. The molecule has 0 aliphatic carbocycles. The highest BCUT2D eigenvalue weighted by Crippen LogP contribution is 2.20. The van der Waals surface area contributed by atoms with Crippen molar-refractivity contribution in [3.8, 4) is 5.75 Å². The molecule has 18 heavy (non-hydrogen) atoms. The van der Waals surface area contributed by atoms with Crippen LogP contribution >= 0.6 is 0 Å². The number of methoxy groups -OCH3 is 1. The van der Waals surface area contributed by atoms with Gasteiger partial charge in [-0.15, -0.1) is 0 Å². The standard InChI is InChI=1S/C15H18N2O/c1-11(2)14-10-16-9-13(17-14)8-12-6-4-5-7-15(12)18-3/h4-7,9-11H,8H2,1-3H3. The molecule has 0 amide bonds. The summed E-state index contributed by atoms with van der Waals surface area (Å²) >= 11 is 0. The first kappa shape index (κ1) is 12.6. The van der Waals surface area contributed by atoms with Crippen molar-refractivity contribution in [1.82, 2.24) is 9.97 Å². The summed E-state index contributed by atoms with van der Waals surface area (Å²) in [6, 6.07) is 8.01. The number of rotatable bonds is 4. The van der Waals surface area contributed by atoms with Gasteiger partial charge in [-0.05, 0) is 12.0 Å². The lowest BCUT2D eigenvalue weighted by Crippen LogP contribution is -2.01. The number of hydrogen-bond donors (Lipinski definition) is 0. The van der Waals surface area contributed by atoms with E-state index in [1.807, 2.05) is 30.6 Å². The van der Waals surface area contributed by atoms with E-state index in [9.17, 15) is 0 Å². The molecule has 1 aromatic carbocycles. The van der Waals surface area contributed by atoms with E-state index in [4.69, 9.17) is 4.74 Å². The molecule has 94 valence electrons. The third-order valence-corrected chi connectivity index (χ3v) is 2.86. The minimum Gasteiger partial charge on any atom is -0.496 e. The molecule has 2 aromatic rings. The predicted molar refractivity (Wildman–Crippen MR) is 71.9 cm³/mol. The molecular weight excluding hydrogens is 224 g/mol. The molecule has 1 heterocycles. The summed E-state index contributed by atoms with van der Waals surface area (Å²) < 4.78 is 5.35. The molecule has 0 unspecified atom stereocenters. The first-order valence-corrected chi connectivity index (χ1v) is 6.13. The van der Waals surface area contributed by atoms with Gasteiger partial charge >= 0.3 is 0 Å². The van der Waals surface area contributed by atoms with Crippen LogP contribution in [0.15, 0.2) is 36.7 Å². The largest absolute Gasteiger partial charge is 0.496 e. The molecule has 0 N–H and O–H groups in total. The molecule has 0 radical (unpaired) electrons. The van der Waals surface area contributed by atoms with Crippen molar-refractivity contribution in [3.63, 3.8) is 0 Å². The molecule has 2 rings (SSSR count). The summed E-state index contributed by atoms with van der Waals surface area (Å²) in [4.78, 5) is 8.88. The molecule has 0 aliphatic heterocycles. The highest BCUT2D eigenvalue weighted by molar-refractivity contribution is 5.35. The maximum atomic E-state index is 5.35. The highest BCUT2D eigenvalue weighted by atomic mass is 16.5. The van der Waals surface area contributed by atoms with Gasteiger partial charge in [0.05, 0.1) is 18.5 Å². The normalized spacial score (nSPS) is 10.7. The second-order valence-corrected chi connectivity index (χ2v) is 4.58. The van der Waals surface area contributed by atoms with Crippen molar-refractivity contribution in [2.75, 3.05) is 7.11 Å². The van der Waals surface area contributed by atoms with E-state index in [0.717, 1.165) is 29.1 Å². The summed E-state index contributed by atoms with van der Waals surface area (Å²) in [6.45, 7) is 4.24. The molecule has 0 spiro atoms. The maximum absolute atomic E-state index is 5.35. The minimum absolute atomic E-state index is 0.398. The van der Waals surface area contributed by atoms with E-state index in [1.54, 1.807) is 7.11 Å². The molecule has 0 saturated carbocycles. The van der Waals surface area contributed by atoms with Crippen LogP contribution in [0, 0.1) is 0 Å². The van der Waals surface area contributed by atoms with Crippen LogP contribution in [-0.2, 0) is 6.42 Å². The average Bonchev–Trinajstić information content (AvgIpc) is 2.39. The zero-order valence-electron chi connectivity index (χ0n) is 11.1. The van der Waals surface area contributed by atoms with Crippen molar-refractivity contribution in [2.45, 2.75) is 26.2 Å². The smallest absolute Gasteiger partial charge is 0.122 e. The van der Waals surface area contributed by atoms with E-state index in [1.165, 1.54) is 0 Å². The number of hydrogen-bond acceptors (Lipinski definition) is 3. The zero-order chi connectivity index (χ0) is 13.0. The van der Waals surface area contributed by atoms with E-state index in [-0.39, 0.29) is 0 Å². The highest BCUT2D eigenvalue weighted by Gasteiger charge is 2.07. The van der Waals surface area contributed by atoms with Crippen molar-refractivity contribution in [2.24, 2.45) is 0 Å².